The zero-order valence-corrected chi connectivity index (χ0v) is 13.6. The molecule has 5 nitrogen and oxygen atoms in total. The van der Waals surface area contributed by atoms with Gasteiger partial charge in [0.2, 0.25) is 5.91 Å². The van der Waals surface area contributed by atoms with Crippen molar-refractivity contribution in [3.63, 3.8) is 0 Å². The highest BCUT2D eigenvalue weighted by molar-refractivity contribution is 8.00. The summed E-state index contributed by atoms with van der Waals surface area (Å²) >= 11 is 1.41. The zero-order valence-electron chi connectivity index (χ0n) is 12.8. The molecule has 0 aliphatic carbocycles. The van der Waals surface area contributed by atoms with Gasteiger partial charge in [-0.3, -0.25) is 4.79 Å². The van der Waals surface area contributed by atoms with Crippen LogP contribution in [-0.4, -0.2) is 25.9 Å². The first kappa shape index (κ1) is 15.6. The van der Waals surface area contributed by atoms with Crippen LogP contribution in [0.15, 0.2) is 29.4 Å². The molecule has 112 valence electrons. The molecule has 0 saturated heterocycles. The Bertz CT molecular complexity index is 621. The maximum Gasteiger partial charge on any atom is 0.233 e. The van der Waals surface area contributed by atoms with Crippen molar-refractivity contribution in [3.8, 4) is 0 Å². The minimum absolute atomic E-state index is 0.00114. The molecule has 0 saturated carbocycles. The predicted molar refractivity (Wildman–Crippen MR) is 84.1 cm³/mol. The number of benzene rings is 1. The highest BCUT2D eigenvalue weighted by atomic mass is 32.2. The first-order chi connectivity index (χ1) is 9.97. The van der Waals surface area contributed by atoms with Gasteiger partial charge in [0.25, 0.3) is 0 Å². The van der Waals surface area contributed by atoms with Crippen LogP contribution < -0.4 is 5.32 Å². The normalized spacial score (nSPS) is 12.2. The van der Waals surface area contributed by atoms with Crippen LogP contribution in [-0.2, 0) is 18.4 Å². The summed E-state index contributed by atoms with van der Waals surface area (Å²) in [6.45, 7) is 6.35. The average molecular weight is 304 g/mol. The van der Waals surface area contributed by atoms with Crippen LogP contribution in [0.25, 0.3) is 0 Å². The molecular weight excluding hydrogens is 284 g/mol. The van der Waals surface area contributed by atoms with Gasteiger partial charge >= 0.3 is 0 Å². The van der Waals surface area contributed by atoms with Crippen molar-refractivity contribution >= 4 is 17.7 Å². The van der Waals surface area contributed by atoms with E-state index < -0.39 is 0 Å². The molecule has 21 heavy (non-hydrogen) atoms. The molecule has 0 radical (unpaired) electrons. The Morgan fingerprint density at radius 1 is 1.29 bits per heavy atom. The Labute approximate surface area is 129 Å². The second kappa shape index (κ2) is 6.76. The van der Waals surface area contributed by atoms with Crippen molar-refractivity contribution in [2.75, 3.05) is 0 Å². The molecule has 1 heterocycles. The number of hydrogen-bond acceptors (Lipinski definition) is 4. The smallest absolute Gasteiger partial charge is 0.233 e. The Hall–Kier alpha value is -1.82. The van der Waals surface area contributed by atoms with Crippen molar-refractivity contribution in [3.05, 3.63) is 41.2 Å². The highest BCUT2D eigenvalue weighted by Gasteiger charge is 2.17. The number of aryl methyl sites for hydroxylation is 2. The number of nitrogens with one attached hydrogen (secondary N) is 1. The monoisotopic (exact) mass is 304 g/mol. The lowest BCUT2D eigenvalue weighted by molar-refractivity contribution is -0.120. The van der Waals surface area contributed by atoms with E-state index in [0.717, 1.165) is 16.5 Å². The topological polar surface area (TPSA) is 59.8 Å². The van der Waals surface area contributed by atoms with Gasteiger partial charge in [-0.2, -0.15) is 0 Å². The van der Waals surface area contributed by atoms with E-state index in [9.17, 15) is 4.79 Å². The van der Waals surface area contributed by atoms with E-state index in [1.54, 1.807) is 0 Å². The third-order valence-corrected chi connectivity index (χ3v) is 4.43. The van der Waals surface area contributed by atoms with Crippen LogP contribution in [0.5, 0.6) is 0 Å². The molecule has 0 unspecified atom stereocenters. The number of amides is 1. The van der Waals surface area contributed by atoms with Crippen molar-refractivity contribution < 1.29 is 4.79 Å². The zero-order chi connectivity index (χ0) is 15.4. The van der Waals surface area contributed by atoms with Crippen LogP contribution >= 0.6 is 11.8 Å². The van der Waals surface area contributed by atoms with Crippen molar-refractivity contribution in [2.24, 2.45) is 7.05 Å². The maximum absolute atomic E-state index is 12.1. The Balaban J connectivity index is 1.88. The van der Waals surface area contributed by atoms with E-state index in [1.807, 2.05) is 56.7 Å². The minimum atomic E-state index is -0.210. The van der Waals surface area contributed by atoms with Gasteiger partial charge in [-0.05, 0) is 26.3 Å². The molecule has 1 aromatic carbocycles. The van der Waals surface area contributed by atoms with E-state index in [1.165, 1.54) is 17.3 Å². The third kappa shape index (κ3) is 4.07. The molecule has 0 aliphatic heterocycles. The molecule has 0 spiro atoms. The minimum Gasteiger partial charge on any atom is -0.351 e. The summed E-state index contributed by atoms with van der Waals surface area (Å²) in [4.78, 5) is 12.1. The van der Waals surface area contributed by atoms with Gasteiger partial charge in [-0.1, -0.05) is 41.6 Å². The lowest BCUT2D eigenvalue weighted by atomic mass is 10.1. The van der Waals surface area contributed by atoms with E-state index in [0.29, 0.717) is 6.54 Å². The summed E-state index contributed by atoms with van der Waals surface area (Å²) in [6, 6.07) is 8.14. The summed E-state index contributed by atoms with van der Waals surface area (Å²) in [5.41, 5.74) is 2.31. The number of carbonyl (C=O) groups is 1. The van der Waals surface area contributed by atoms with Crippen LogP contribution in [0.1, 0.15) is 23.9 Å². The predicted octanol–water partition coefficient (Wildman–Crippen LogP) is 2.23. The van der Waals surface area contributed by atoms with Gasteiger partial charge in [0.1, 0.15) is 5.82 Å². The number of thioether (sulfide) groups is 1. The molecule has 2 aromatic rings. The fourth-order valence-corrected chi connectivity index (χ4v) is 2.63. The number of aromatic nitrogens is 3. The molecule has 1 amide bonds. The van der Waals surface area contributed by atoms with Gasteiger partial charge in [-0.15, -0.1) is 10.2 Å². The Kier molecular flexibility index (Phi) is 5.01. The molecule has 6 heteroatoms. The number of hydrogen-bond donors (Lipinski definition) is 1. The standard InChI is InChI=1S/C15H20N4OS/c1-10-5-7-13(8-6-10)9-16-14(20)11(2)21-15-18-17-12(3)19(15)4/h5-8,11H,9H2,1-4H3,(H,16,20)/t11-/m1/s1. The van der Waals surface area contributed by atoms with E-state index in [4.69, 9.17) is 0 Å². The molecule has 1 atom stereocenters. The van der Waals surface area contributed by atoms with Gasteiger partial charge < -0.3 is 9.88 Å². The Morgan fingerprint density at radius 2 is 1.95 bits per heavy atom. The molecule has 1 N–H and O–H groups in total. The summed E-state index contributed by atoms with van der Waals surface area (Å²) in [5.74, 6) is 0.839. The van der Waals surface area contributed by atoms with Crippen molar-refractivity contribution in [1.82, 2.24) is 20.1 Å². The van der Waals surface area contributed by atoms with Crippen LogP contribution in [0.2, 0.25) is 0 Å². The fraction of sp³-hybridized carbons (Fsp3) is 0.400. The summed E-state index contributed by atoms with van der Waals surface area (Å²) in [7, 11) is 1.90. The van der Waals surface area contributed by atoms with Crippen LogP contribution in [0, 0.1) is 13.8 Å². The second-order valence-corrected chi connectivity index (χ2v) is 6.36. The van der Waals surface area contributed by atoms with Crippen molar-refractivity contribution in [2.45, 2.75) is 37.7 Å². The van der Waals surface area contributed by atoms with Gasteiger partial charge in [-0.25, -0.2) is 0 Å². The van der Waals surface area contributed by atoms with Gasteiger partial charge in [0, 0.05) is 13.6 Å². The molecular formula is C15H20N4OS. The molecule has 0 fully saturated rings. The molecule has 0 aliphatic rings. The summed E-state index contributed by atoms with van der Waals surface area (Å²) in [6.07, 6.45) is 0. The van der Waals surface area contributed by atoms with Gasteiger partial charge in [0.15, 0.2) is 5.16 Å². The second-order valence-electron chi connectivity index (χ2n) is 5.05. The third-order valence-electron chi connectivity index (χ3n) is 3.29. The van der Waals surface area contributed by atoms with Crippen molar-refractivity contribution in [1.29, 1.82) is 0 Å². The SMILES string of the molecule is Cc1ccc(CNC(=O)[C@@H](C)Sc2nnc(C)n2C)cc1. The van der Waals surface area contributed by atoms with E-state index in [2.05, 4.69) is 15.5 Å². The average Bonchev–Trinajstić information content (AvgIpc) is 2.78. The fourth-order valence-electron chi connectivity index (χ4n) is 1.74. The highest BCUT2D eigenvalue weighted by Crippen LogP contribution is 2.21. The number of carbonyl (C=O) groups excluding carboxylic acids is 1. The Morgan fingerprint density at radius 3 is 2.52 bits per heavy atom. The summed E-state index contributed by atoms with van der Waals surface area (Å²) in [5, 5.41) is 11.5. The molecule has 0 bridgehead atoms. The van der Waals surface area contributed by atoms with Gasteiger partial charge in [0.05, 0.1) is 5.25 Å². The number of rotatable bonds is 5. The molecule has 2 rings (SSSR count). The lowest BCUT2D eigenvalue weighted by Gasteiger charge is -2.11. The quantitative estimate of drug-likeness (QED) is 0.861. The largest absolute Gasteiger partial charge is 0.351 e. The first-order valence-corrected chi connectivity index (χ1v) is 7.71. The van der Waals surface area contributed by atoms with Crippen LogP contribution in [0.4, 0.5) is 0 Å². The van der Waals surface area contributed by atoms with E-state index >= 15 is 0 Å². The summed E-state index contributed by atoms with van der Waals surface area (Å²) < 4.78 is 1.88. The van der Waals surface area contributed by atoms with E-state index in [-0.39, 0.29) is 11.2 Å². The van der Waals surface area contributed by atoms with Crippen LogP contribution in [0.3, 0.4) is 0 Å². The first-order valence-electron chi connectivity index (χ1n) is 6.83. The molecule has 1 aromatic heterocycles. The maximum atomic E-state index is 12.1. The lowest BCUT2D eigenvalue weighted by Crippen LogP contribution is -2.30. The number of nitrogens with zero attached hydrogens (tertiary/aromatic N) is 3.